The number of hydrogen-bond donors (Lipinski definition) is 0. The summed E-state index contributed by atoms with van der Waals surface area (Å²) in [6.45, 7) is 9.74. The summed E-state index contributed by atoms with van der Waals surface area (Å²) in [5, 5.41) is -2.08. The van der Waals surface area contributed by atoms with Gasteiger partial charge in [0.25, 0.3) is 0 Å². The first kappa shape index (κ1) is 30.8. The molecule has 1 unspecified atom stereocenters. The molecule has 0 spiro atoms. The van der Waals surface area contributed by atoms with Crippen molar-refractivity contribution in [2.24, 2.45) is 11.8 Å². The average Bonchev–Trinajstić information content (AvgIpc) is 2.65. The number of carbonyl (C=O) groups is 2. The van der Waals surface area contributed by atoms with E-state index in [9.17, 15) is 22.6 Å². The van der Waals surface area contributed by atoms with Crippen LogP contribution in [0.15, 0.2) is 12.7 Å². The Kier molecular flexibility index (Phi) is 18.4. The molecule has 0 fully saturated rings. The SMILES string of the molecule is C=CCC[C@H](CC)COC(=O)C(CC(=O)OC[C@@H](CC)CCCC)S(=O)(=O)[O-].[Na+]. The number of esters is 2. The predicted molar refractivity (Wildman–Crippen MR) is 107 cm³/mol. The van der Waals surface area contributed by atoms with Crippen LogP contribution in [-0.2, 0) is 29.2 Å². The van der Waals surface area contributed by atoms with E-state index in [0.29, 0.717) is 0 Å². The fourth-order valence-electron chi connectivity index (χ4n) is 2.67. The molecule has 3 atom stereocenters. The van der Waals surface area contributed by atoms with Crippen LogP contribution in [0, 0.1) is 11.8 Å². The molecule has 0 aromatic heterocycles. The molecule has 0 radical (unpaired) electrons. The normalized spacial score (nSPS) is 14.2. The topological polar surface area (TPSA) is 110 Å². The second kappa shape index (κ2) is 17.3. The van der Waals surface area contributed by atoms with Gasteiger partial charge in [0, 0.05) is 0 Å². The van der Waals surface area contributed by atoms with Crippen LogP contribution in [0.4, 0.5) is 0 Å². The van der Waals surface area contributed by atoms with Crippen LogP contribution in [-0.4, -0.2) is 43.4 Å². The second-order valence-electron chi connectivity index (χ2n) is 7.06. The fraction of sp³-hybridized carbons (Fsp3) is 0.800. The molecule has 9 heteroatoms. The Labute approximate surface area is 198 Å². The molecule has 0 bridgehead atoms. The smallest absolute Gasteiger partial charge is 0.747 e. The summed E-state index contributed by atoms with van der Waals surface area (Å²) in [6.07, 6.45) is 6.88. The Morgan fingerprint density at radius 2 is 1.59 bits per heavy atom. The standard InChI is InChI=1S/C20H36O7S.Na/c1-5-9-11-16(7-3)14-26-19(21)13-18(28(23,24)25)20(22)27-15-17(8-4)12-10-6-2;/h6,16-18H,2,5,7-15H2,1,3-4H3,(H,23,24,25);/q;+1/p-1/t16-,17-,18?;/m0./s1. The van der Waals surface area contributed by atoms with Gasteiger partial charge in [0.2, 0.25) is 0 Å². The largest absolute Gasteiger partial charge is 1.00 e. The number of carbonyl (C=O) groups excluding carboxylic acids is 2. The van der Waals surface area contributed by atoms with Crippen molar-refractivity contribution in [3.8, 4) is 0 Å². The molecule has 0 aromatic rings. The number of ether oxygens (including phenoxy) is 2. The molecule has 164 valence electrons. The van der Waals surface area contributed by atoms with Gasteiger partial charge >= 0.3 is 41.5 Å². The van der Waals surface area contributed by atoms with Crippen molar-refractivity contribution in [3.63, 3.8) is 0 Å². The van der Waals surface area contributed by atoms with E-state index in [1.807, 2.05) is 13.8 Å². The molecular formula is C20H35NaO7S. The van der Waals surface area contributed by atoms with Gasteiger partial charge in [-0.25, -0.2) is 8.42 Å². The summed E-state index contributed by atoms with van der Waals surface area (Å²) < 4.78 is 44.5. The molecule has 29 heavy (non-hydrogen) atoms. The molecule has 0 aliphatic carbocycles. The Morgan fingerprint density at radius 3 is 2.07 bits per heavy atom. The van der Waals surface area contributed by atoms with E-state index in [2.05, 4.69) is 13.5 Å². The van der Waals surface area contributed by atoms with Crippen molar-refractivity contribution in [2.75, 3.05) is 13.2 Å². The van der Waals surface area contributed by atoms with Crippen LogP contribution in [0.2, 0.25) is 0 Å². The van der Waals surface area contributed by atoms with E-state index in [1.165, 1.54) is 0 Å². The van der Waals surface area contributed by atoms with Crippen LogP contribution < -0.4 is 29.6 Å². The first-order chi connectivity index (χ1) is 13.2. The Hall–Kier alpha value is -0.410. The number of hydrogen-bond acceptors (Lipinski definition) is 7. The maximum Gasteiger partial charge on any atom is 1.00 e. The summed E-state index contributed by atoms with van der Waals surface area (Å²) in [6, 6.07) is 0. The number of unbranched alkanes of at least 4 members (excludes halogenated alkanes) is 1. The fourth-order valence-corrected chi connectivity index (χ4v) is 3.32. The van der Waals surface area contributed by atoms with Gasteiger partial charge < -0.3 is 14.0 Å². The summed E-state index contributed by atoms with van der Waals surface area (Å²) in [4.78, 5) is 24.1. The van der Waals surface area contributed by atoms with Gasteiger partial charge in [-0.1, -0.05) is 52.5 Å². The van der Waals surface area contributed by atoms with Crippen LogP contribution in [0.3, 0.4) is 0 Å². The molecular weight excluding hydrogens is 407 g/mol. The predicted octanol–water partition coefficient (Wildman–Crippen LogP) is 0.590. The molecule has 0 saturated carbocycles. The van der Waals surface area contributed by atoms with Gasteiger partial charge in [-0.3, -0.25) is 9.59 Å². The van der Waals surface area contributed by atoms with Crippen LogP contribution in [0.1, 0.15) is 72.1 Å². The summed E-state index contributed by atoms with van der Waals surface area (Å²) >= 11 is 0. The Bertz CT molecular complexity index is 577. The van der Waals surface area contributed by atoms with E-state index in [4.69, 9.17) is 9.47 Å². The minimum Gasteiger partial charge on any atom is -0.747 e. The van der Waals surface area contributed by atoms with Crippen molar-refractivity contribution in [2.45, 2.75) is 77.4 Å². The first-order valence-corrected chi connectivity index (χ1v) is 11.5. The molecule has 0 amide bonds. The van der Waals surface area contributed by atoms with E-state index >= 15 is 0 Å². The van der Waals surface area contributed by atoms with Gasteiger partial charge in [0.15, 0.2) is 5.25 Å². The van der Waals surface area contributed by atoms with Crippen molar-refractivity contribution in [1.29, 1.82) is 0 Å². The van der Waals surface area contributed by atoms with Crippen LogP contribution in [0.5, 0.6) is 0 Å². The third kappa shape index (κ3) is 14.3. The van der Waals surface area contributed by atoms with Crippen molar-refractivity contribution in [1.82, 2.24) is 0 Å². The molecule has 0 aliphatic heterocycles. The molecule has 0 heterocycles. The Balaban J connectivity index is 0. The third-order valence-corrected chi connectivity index (χ3v) is 5.86. The summed E-state index contributed by atoms with van der Waals surface area (Å²) in [5.41, 5.74) is 0. The van der Waals surface area contributed by atoms with Gasteiger partial charge in [-0.05, 0) is 31.1 Å². The van der Waals surface area contributed by atoms with E-state index in [0.717, 1.165) is 44.9 Å². The quantitative estimate of drug-likeness (QED) is 0.149. The monoisotopic (exact) mass is 442 g/mol. The van der Waals surface area contributed by atoms with Crippen molar-refractivity contribution < 1.29 is 61.6 Å². The molecule has 0 rings (SSSR count). The minimum absolute atomic E-state index is 0. The van der Waals surface area contributed by atoms with Gasteiger partial charge in [-0.15, -0.1) is 6.58 Å². The zero-order valence-electron chi connectivity index (χ0n) is 18.4. The third-order valence-electron chi connectivity index (χ3n) is 4.80. The van der Waals surface area contributed by atoms with E-state index in [-0.39, 0.29) is 54.6 Å². The molecule has 0 saturated heterocycles. The van der Waals surface area contributed by atoms with E-state index < -0.39 is 33.7 Å². The second-order valence-corrected chi connectivity index (χ2v) is 8.61. The zero-order valence-corrected chi connectivity index (χ0v) is 21.2. The molecule has 0 N–H and O–H groups in total. The zero-order chi connectivity index (χ0) is 21.6. The van der Waals surface area contributed by atoms with Gasteiger partial charge in [0.1, 0.15) is 10.1 Å². The molecule has 0 aliphatic rings. The maximum absolute atomic E-state index is 12.1. The molecule has 7 nitrogen and oxygen atoms in total. The van der Waals surface area contributed by atoms with Gasteiger partial charge in [-0.2, -0.15) is 0 Å². The Morgan fingerprint density at radius 1 is 1.03 bits per heavy atom. The van der Waals surface area contributed by atoms with Crippen molar-refractivity contribution in [3.05, 3.63) is 12.7 Å². The van der Waals surface area contributed by atoms with Crippen LogP contribution in [0.25, 0.3) is 0 Å². The number of rotatable bonds is 16. The molecule has 0 aromatic carbocycles. The van der Waals surface area contributed by atoms with E-state index in [1.54, 1.807) is 6.08 Å². The maximum atomic E-state index is 12.1. The average molecular weight is 443 g/mol. The first-order valence-electron chi connectivity index (χ1n) is 10.1. The number of allylic oxidation sites excluding steroid dienone is 1. The minimum atomic E-state index is -5.03. The summed E-state index contributed by atoms with van der Waals surface area (Å²) in [7, 11) is -5.03. The summed E-state index contributed by atoms with van der Waals surface area (Å²) in [5.74, 6) is -1.86. The van der Waals surface area contributed by atoms with Crippen LogP contribution >= 0.6 is 0 Å². The van der Waals surface area contributed by atoms with Crippen molar-refractivity contribution >= 4 is 22.1 Å². The van der Waals surface area contributed by atoms with Gasteiger partial charge in [0.05, 0.1) is 19.6 Å².